The molecule has 0 fully saturated rings. The molecule has 0 saturated heterocycles. The number of hydrogen-bond acceptors (Lipinski definition) is 5. The molecule has 0 saturated carbocycles. The van der Waals surface area contributed by atoms with Gasteiger partial charge in [0.15, 0.2) is 0 Å². The number of nitrogens with zero attached hydrogens (tertiary/aromatic N) is 1. The van der Waals surface area contributed by atoms with Crippen molar-refractivity contribution >= 4 is 29.9 Å². The Balaban J connectivity index is 3.60. The number of carbonyl (C=O) groups is 4. The minimum absolute atomic E-state index is 0.0341. The number of carbonyl (C=O) groups excluding carboxylic acids is 4. The zero-order valence-corrected chi connectivity index (χ0v) is 24.0. The van der Waals surface area contributed by atoms with Gasteiger partial charge in [-0.05, 0) is 71.1 Å². The lowest BCUT2D eigenvalue weighted by molar-refractivity contribution is -0.145. The number of amides is 4. The Hall–Kier alpha value is -3.36. The summed E-state index contributed by atoms with van der Waals surface area (Å²) in [7, 11) is 0. The van der Waals surface area contributed by atoms with E-state index in [9.17, 15) is 19.2 Å². The van der Waals surface area contributed by atoms with Crippen LogP contribution in [0.25, 0.3) is 6.08 Å². The number of rotatable bonds is 14. The Morgan fingerprint density at radius 1 is 1.11 bits per heavy atom. The van der Waals surface area contributed by atoms with Gasteiger partial charge in [-0.1, -0.05) is 51.1 Å². The lowest BCUT2D eigenvalue weighted by atomic mass is 9.97. The van der Waals surface area contributed by atoms with Gasteiger partial charge in [-0.2, -0.15) is 0 Å². The van der Waals surface area contributed by atoms with E-state index in [2.05, 4.69) is 17.2 Å². The molecule has 4 amide bonds. The Morgan fingerprint density at radius 2 is 1.76 bits per heavy atom. The summed E-state index contributed by atoms with van der Waals surface area (Å²) in [6.45, 7) is 16.7. The maximum Gasteiger partial charge on any atom is 0.408 e. The molecule has 0 aliphatic rings. The van der Waals surface area contributed by atoms with Crippen molar-refractivity contribution in [3.8, 4) is 0 Å². The van der Waals surface area contributed by atoms with Gasteiger partial charge >= 0.3 is 6.09 Å². The molecule has 0 heterocycles. The molecule has 0 bridgehead atoms. The highest BCUT2D eigenvalue weighted by Gasteiger charge is 2.38. The second kappa shape index (κ2) is 15.1. The number of primary amides is 1. The summed E-state index contributed by atoms with van der Waals surface area (Å²) in [5.74, 6) is -1.43. The zero-order valence-electron chi connectivity index (χ0n) is 24.0. The van der Waals surface area contributed by atoms with Crippen molar-refractivity contribution in [2.45, 2.75) is 110 Å². The predicted molar refractivity (Wildman–Crippen MR) is 150 cm³/mol. The van der Waals surface area contributed by atoms with Crippen LogP contribution in [0.2, 0.25) is 0 Å². The smallest absolute Gasteiger partial charge is 0.408 e. The van der Waals surface area contributed by atoms with Gasteiger partial charge in [0, 0.05) is 18.5 Å². The van der Waals surface area contributed by atoms with Crippen molar-refractivity contribution < 1.29 is 23.9 Å². The van der Waals surface area contributed by atoms with E-state index in [0.29, 0.717) is 12.0 Å². The number of nitrogens with one attached hydrogen (secondary N) is 2. The highest BCUT2D eigenvalue weighted by molar-refractivity contribution is 5.93. The van der Waals surface area contributed by atoms with E-state index in [4.69, 9.17) is 10.5 Å². The Labute approximate surface area is 227 Å². The molecule has 4 N–H and O–H groups in total. The highest BCUT2D eigenvalue weighted by atomic mass is 16.6. The number of ether oxygens (including phenoxy) is 1. The van der Waals surface area contributed by atoms with Crippen LogP contribution < -0.4 is 16.4 Å². The highest BCUT2D eigenvalue weighted by Crippen LogP contribution is 2.28. The third kappa shape index (κ3) is 10.6. The van der Waals surface area contributed by atoms with Crippen LogP contribution in [0.4, 0.5) is 4.79 Å². The average Bonchev–Trinajstić information content (AvgIpc) is 2.82. The van der Waals surface area contributed by atoms with Crippen LogP contribution in [-0.4, -0.2) is 52.4 Å². The lowest BCUT2D eigenvalue weighted by Crippen LogP contribution is -2.56. The fourth-order valence-corrected chi connectivity index (χ4v) is 4.09. The molecular weight excluding hydrogens is 484 g/mol. The molecule has 0 radical (unpaired) electrons. The largest absolute Gasteiger partial charge is 0.444 e. The quantitative estimate of drug-likeness (QED) is 0.327. The fraction of sp³-hybridized carbons (Fsp3) is 0.586. The van der Waals surface area contributed by atoms with Crippen molar-refractivity contribution in [2.24, 2.45) is 5.73 Å². The summed E-state index contributed by atoms with van der Waals surface area (Å²) >= 11 is 0. The summed E-state index contributed by atoms with van der Waals surface area (Å²) in [4.78, 5) is 53.7. The third-order valence-electron chi connectivity index (χ3n) is 6.09. The van der Waals surface area contributed by atoms with Crippen LogP contribution in [0.3, 0.4) is 0 Å². The molecule has 1 aromatic rings. The second-order valence-electron chi connectivity index (χ2n) is 10.7. The number of nitrogens with two attached hydrogens (primary N) is 1. The van der Waals surface area contributed by atoms with E-state index in [1.807, 2.05) is 45.9 Å². The molecule has 1 rings (SSSR count). The Morgan fingerprint density at radius 3 is 2.29 bits per heavy atom. The van der Waals surface area contributed by atoms with Crippen molar-refractivity contribution in [2.75, 3.05) is 0 Å². The van der Waals surface area contributed by atoms with Crippen LogP contribution in [0.1, 0.15) is 97.7 Å². The van der Waals surface area contributed by atoms with Gasteiger partial charge in [-0.25, -0.2) is 4.79 Å². The van der Waals surface area contributed by atoms with E-state index in [1.165, 1.54) is 4.90 Å². The molecule has 0 aliphatic carbocycles. The molecule has 1 aromatic carbocycles. The molecule has 9 heteroatoms. The monoisotopic (exact) mass is 530 g/mol. The molecule has 38 heavy (non-hydrogen) atoms. The summed E-state index contributed by atoms with van der Waals surface area (Å²) in [5, 5.41) is 5.66. The summed E-state index contributed by atoms with van der Waals surface area (Å²) in [5.41, 5.74) is 5.99. The SMILES string of the molecule is C=Cc1cccc(C(C(=O)NC(C)CCC)N(C(=O)C(CCC(N)=O)NC(=O)OC(C)(C)C)C(C)CC)c1. The first-order chi connectivity index (χ1) is 17.7. The van der Waals surface area contributed by atoms with Crippen molar-refractivity contribution in [1.82, 2.24) is 15.5 Å². The van der Waals surface area contributed by atoms with Crippen LogP contribution in [-0.2, 0) is 19.1 Å². The Bertz CT molecular complexity index is 972. The summed E-state index contributed by atoms with van der Waals surface area (Å²) < 4.78 is 5.37. The summed E-state index contributed by atoms with van der Waals surface area (Å²) in [6, 6.07) is 4.71. The fourth-order valence-electron chi connectivity index (χ4n) is 4.09. The van der Waals surface area contributed by atoms with E-state index in [1.54, 1.807) is 32.9 Å². The van der Waals surface area contributed by atoms with E-state index in [0.717, 1.165) is 18.4 Å². The van der Waals surface area contributed by atoms with Crippen LogP contribution >= 0.6 is 0 Å². The number of hydrogen-bond donors (Lipinski definition) is 3. The van der Waals surface area contributed by atoms with Gasteiger partial charge in [0.05, 0.1) is 0 Å². The zero-order chi connectivity index (χ0) is 29.0. The molecule has 4 unspecified atom stereocenters. The van der Waals surface area contributed by atoms with Crippen molar-refractivity contribution in [3.05, 3.63) is 42.0 Å². The minimum Gasteiger partial charge on any atom is -0.444 e. The van der Waals surface area contributed by atoms with Crippen LogP contribution in [0.5, 0.6) is 0 Å². The van der Waals surface area contributed by atoms with Crippen molar-refractivity contribution in [1.29, 1.82) is 0 Å². The van der Waals surface area contributed by atoms with Gasteiger partial charge in [-0.15, -0.1) is 0 Å². The van der Waals surface area contributed by atoms with Gasteiger partial charge in [0.2, 0.25) is 17.7 Å². The third-order valence-corrected chi connectivity index (χ3v) is 6.09. The molecule has 9 nitrogen and oxygen atoms in total. The molecule has 0 aromatic heterocycles. The van der Waals surface area contributed by atoms with Crippen molar-refractivity contribution in [3.63, 3.8) is 0 Å². The predicted octanol–water partition coefficient (Wildman–Crippen LogP) is 4.46. The van der Waals surface area contributed by atoms with E-state index in [-0.39, 0.29) is 30.8 Å². The Kier molecular flexibility index (Phi) is 13.0. The molecule has 4 atom stereocenters. The topological polar surface area (TPSA) is 131 Å². The first-order valence-electron chi connectivity index (χ1n) is 13.4. The van der Waals surface area contributed by atoms with Gasteiger partial charge < -0.3 is 26.0 Å². The van der Waals surface area contributed by atoms with Gasteiger partial charge in [0.1, 0.15) is 17.7 Å². The average molecular weight is 531 g/mol. The van der Waals surface area contributed by atoms with E-state index >= 15 is 0 Å². The van der Waals surface area contributed by atoms with Crippen LogP contribution in [0.15, 0.2) is 30.8 Å². The lowest BCUT2D eigenvalue weighted by Gasteiger charge is -2.38. The molecular formula is C29H46N4O5. The molecule has 212 valence electrons. The second-order valence-corrected chi connectivity index (χ2v) is 10.7. The standard InChI is InChI=1S/C29H46N4O5/c1-9-13-19(4)31-26(35)25(22-15-12-14-21(11-3)18-22)33(20(5)10-2)27(36)23(16-17-24(30)34)32-28(37)38-29(6,7)8/h11-12,14-15,18-20,23,25H,3,9-10,13,16-17H2,1-2,4-8H3,(H2,30,34)(H,31,35)(H,32,37). The first kappa shape index (κ1) is 32.7. The molecule has 0 aliphatic heterocycles. The minimum atomic E-state index is -1.13. The van der Waals surface area contributed by atoms with Gasteiger partial charge in [-0.3, -0.25) is 14.4 Å². The maximum atomic E-state index is 14.1. The van der Waals surface area contributed by atoms with Gasteiger partial charge in [0.25, 0.3) is 0 Å². The normalized spacial score (nSPS) is 14.4. The summed E-state index contributed by atoms with van der Waals surface area (Å²) in [6.07, 6.45) is 2.94. The number of benzene rings is 1. The van der Waals surface area contributed by atoms with Crippen LogP contribution in [0, 0.1) is 0 Å². The first-order valence-corrected chi connectivity index (χ1v) is 13.4. The van der Waals surface area contributed by atoms with E-state index < -0.39 is 35.6 Å². The molecule has 0 spiro atoms. The maximum absolute atomic E-state index is 14.1. The number of alkyl carbamates (subject to hydrolysis) is 1.